The van der Waals surface area contributed by atoms with Crippen LogP contribution in [-0.2, 0) is 9.59 Å². The first-order chi connectivity index (χ1) is 7.54. The molecule has 0 aromatic heterocycles. The molecule has 0 unspecified atom stereocenters. The number of anilines is 1. The zero-order valence-electron chi connectivity index (χ0n) is 8.81. The van der Waals surface area contributed by atoms with Crippen LogP contribution in [0.4, 0.5) is 5.69 Å². The van der Waals surface area contributed by atoms with Crippen molar-refractivity contribution in [2.45, 2.75) is 13.3 Å². The molecule has 0 aliphatic rings. The summed E-state index contributed by atoms with van der Waals surface area (Å²) < 4.78 is 0. The van der Waals surface area contributed by atoms with Gasteiger partial charge in [-0.15, -0.1) is 0 Å². The Hall–Kier alpha value is -1.20. The van der Waals surface area contributed by atoms with Crippen LogP contribution in [0.25, 0.3) is 0 Å². The molecule has 0 fully saturated rings. The minimum atomic E-state index is -0.631. The maximum Gasteiger partial charge on any atom is 0.258 e. The van der Waals surface area contributed by atoms with E-state index in [2.05, 4.69) is 15.9 Å². The molecule has 0 aliphatic carbocycles. The van der Waals surface area contributed by atoms with Gasteiger partial charge in [0.2, 0.25) is 0 Å². The summed E-state index contributed by atoms with van der Waals surface area (Å²) in [5, 5.41) is 10.2. The molecule has 1 aromatic rings. The van der Waals surface area contributed by atoms with Crippen molar-refractivity contribution in [3.8, 4) is 0 Å². The average molecular weight is 286 g/mol. The predicted molar refractivity (Wildman–Crippen MR) is 63.9 cm³/mol. The first-order valence-electron chi connectivity index (χ1n) is 4.70. The highest BCUT2D eigenvalue weighted by atomic mass is 79.9. The SMILES string of the molecule is Cc1ccc(N(O)C(=O)CC(=O)CBr)cc1. The van der Waals surface area contributed by atoms with E-state index < -0.39 is 5.91 Å². The molecule has 4 nitrogen and oxygen atoms in total. The maximum absolute atomic E-state index is 11.4. The lowest BCUT2D eigenvalue weighted by atomic mass is 10.2. The highest BCUT2D eigenvalue weighted by molar-refractivity contribution is 9.09. The Morgan fingerprint density at radius 3 is 2.38 bits per heavy atom. The summed E-state index contributed by atoms with van der Waals surface area (Å²) in [7, 11) is 0. The predicted octanol–water partition coefficient (Wildman–Crippen LogP) is 2.07. The number of hydrogen-bond acceptors (Lipinski definition) is 3. The highest BCUT2D eigenvalue weighted by Gasteiger charge is 2.16. The summed E-state index contributed by atoms with van der Waals surface area (Å²) in [5.74, 6) is -0.899. The van der Waals surface area contributed by atoms with Gasteiger partial charge < -0.3 is 0 Å². The molecule has 1 aromatic carbocycles. The molecule has 1 rings (SSSR count). The van der Waals surface area contributed by atoms with Gasteiger partial charge in [-0.2, -0.15) is 5.06 Å². The van der Waals surface area contributed by atoms with Crippen molar-refractivity contribution in [3.63, 3.8) is 0 Å². The second-order valence-corrected chi connectivity index (χ2v) is 3.95. The Morgan fingerprint density at radius 1 is 1.31 bits per heavy atom. The van der Waals surface area contributed by atoms with Gasteiger partial charge in [-0.05, 0) is 19.1 Å². The molecule has 0 spiro atoms. The number of hydrogen-bond donors (Lipinski definition) is 1. The number of halogens is 1. The van der Waals surface area contributed by atoms with Crippen molar-refractivity contribution in [2.24, 2.45) is 0 Å². The van der Waals surface area contributed by atoms with Crippen LogP contribution in [-0.4, -0.2) is 22.2 Å². The quantitative estimate of drug-likeness (QED) is 0.399. The van der Waals surface area contributed by atoms with Crippen LogP contribution < -0.4 is 5.06 Å². The number of amides is 1. The van der Waals surface area contributed by atoms with Crippen LogP contribution in [0.2, 0.25) is 0 Å². The topological polar surface area (TPSA) is 57.6 Å². The minimum absolute atomic E-state index is 0.112. The third-order valence-corrected chi connectivity index (χ3v) is 2.64. The first kappa shape index (κ1) is 12.9. The summed E-state index contributed by atoms with van der Waals surface area (Å²) in [6, 6.07) is 6.79. The molecule has 1 N–H and O–H groups in total. The number of nitrogens with zero attached hydrogens (tertiary/aromatic N) is 1. The van der Waals surface area contributed by atoms with E-state index in [0.717, 1.165) is 5.56 Å². The second-order valence-electron chi connectivity index (χ2n) is 3.39. The van der Waals surface area contributed by atoms with Crippen molar-refractivity contribution < 1.29 is 14.8 Å². The standard InChI is InChI=1S/C11H12BrNO3/c1-8-2-4-9(5-3-8)13(16)11(15)6-10(14)7-12/h2-5,16H,6-7H2,1H3. The van der Waals surface area contributed by atoms with E-state index in [1.54, 1.807) is 24.3 Å². The number of benzene rings is 1. The number of carbonyl (C=O) groups is 2. The smallest absolute Gasteiger partial charge is 0.258 e. The summed E-state index contributed by atoms with van der Waals surface area (Å²) >= 11 is 2.96. The van der Waals surface area contributed by atoms with Crippen LogP contribution in [0.5, 0.6) is 0 Å². The molecule has 0 atom stereocenters. The Kier molecular flexibility index (Phi) is 4.64. The lowest BCUT2D eigenvalue weighted by Crippen LogP contribution is -2.29. The molecule has 0 aliphatic heterocycles. The number of alkyl halides is 1. The Morgan fingerprint density at radius 2 is 1.88 bits per heavy atom. The lowest BCUT2D eigenvalue weighted by molar-refractivity contribution is -0.128. The van der Waals surface area contributed by atoms with Crippen LogP contribution in [0.15, 0.2) is 24.3 Å². The van der Waals surface area contributed by atoms with Crippen molar-refractivity contribution >= 4 is 33.3 Å². The number of carbonyl (C=O) groups excluding carboxylic acids is 2. The molecular weight excluding hydrogens is 274 g/mol. The van der Waals surface area contributed by atoms with Gasteiger partial charge in [0, 0.05) is 0 Å². The first-order valence-corrected chi connectivity index (χ1v) is 5.83. The van der Waals surface area contributed by atoms with Crippen molar-refractivity contribution in [1.82, 2.24) is 0 Å². The van der Waals surface area contributed by atoms with Gasteiger partial charge in [-0.1, -0.05) is 33.6 Å². The zero-order chi connectivity index (χ0) is 12.1. The van der Waals surface area contributed by atoms with Gasteiger partial charge >= 0.3 is 0 Å². The van der Waals surface area contributed by atoms with Crippen LogP contribution >= 0.6 is 15.9 Å². The highest BCUT2D eigenvalue weighted by Crippen LogP contribution is 2.14. The molecule has 0 radical (unpaired) electrons. The molecule has 16 heavy (non-hydrogen) atoms. The molecule has 0 saturated carbocycles. The van der Waals surface area contributed by atoms with Gasteiger partial charge in [0.05, 0.1) is 17.4 Å². The average Bonchev–Trinajstić information content (AvgIpc) is 2.28. The van der Waals surface area contributed by atoms with Crippen molar-refractivity contribution in [3.05, 3.63) is 29.8 Å². The van der Waals surface area contributed by atoms with Crippen molar-refractivity contribution in [1.29, 1.82) is 0 Å². The van der Waals surface area contributed by atoms with Crippen molar-refractivity contribution in [2.75, 3.05) is 10.4 Å². The van der Waals surface area contributed by atoms with E-state index >= 15 is 0 Å². The van der Waals surface area contributed by atoms with Gasteiger partial charge in [-0.25, -0.2) is 0 Å². The number of hydroxylamine groups is 1. The third-order valence-electron chi connectivity index (χ3n) is 2.01. The second kappa shape index (κ2) is 5.77. The number of Topliss-reactive ketones (excluding diaryl/α,β-unsaturated/α-hetero) is 1. The molecule has 0 saturated heterocycles. The molecule has 86 valence electrons. The van der Waals surface area contributed by atoms with E-state index in [1.165, 1.54) is 0 Å². The largest absolute Gasteiger partial charge is 0.298 e. The monoisotopic (exact) mass is 285 g/mol. The van der Waals surface area contributed by atoms with Gasteiger partial charge in [0.15, 0.2) is 5.78 Å². The van der Waals surface area contributed by atoms with E-state index in [-0.39, 0.29) is 17.5 Å². The fourth-order valence-corrected chi connectivity index (χ4v) is 1.32. The van der Waals surface area contributed by atoms with Crippen LogP contribution in [0, 0.1) is 6.92 Å². The molecule has 0 heterocycles. The maximum atomic E-state index is 11.4. The van der Waals surface area contributed by atoms with E-state index in [1.807, 2.05) is 6.92 Å². The summed E-state index contributed by atoms with van der Waals surface area (Å²) in [6.45, 7) is 1.90. The van der Waals surface area contributed by atoms with Crippen LogP contribution in [0.1, 0.15) is 12.0 Å². The Balaban J connectivity index is 2.70. The number of rotatable bonds is 4. The summed E-state index contributed by atoms with van der Waals surface area (Å²) in [6.07, 6.45) is -0.310. The molecule has 0 bridgehead atoms. The van der Waals surface area contributed by atoms with Gasteiger partial charge in [0.1, 0.15) is 0 Å². The Labute approximate surface area is 102 Å². The van der Waals surface area contributed by atoms with E-state index in [9.17, 15) is 14.8 Å². The number of aryl methyl sites for hydroxylation is 1. The summed E-state index contributed by atoms with van der Waals surface area (Å²) in [4.78, 5) is 22.4. The molecule has 1 amide bonds. The molecular formula is C11H12BrNO3. The Bertz CT molecular complexity index is 389. The van der Waals surface area contributed by atoms with E-state index in [0.29, 0.717) is 10.8 Å². The fourth-order valence-electron chi connectivity index (χ4n) is 1.12. The van der Waals surface area contributed by atoms with Gasteiger partial charge in [0.25, 0.3) is 5.91 Å². The minimum Gasteiger partial charge on any atom is -0.298 e. The normalized spacial score (nSPS) is 9.94. The zero-order valence-corrected chi connectivity index (χ0v) is 10.4. The summed E-state index contributed by atoms with van der Waals surface area (Å²) in [5.41, 5.74) is 1.39. The number of ketones is 1. The van der Waals surface area contributed by atoms with E-state index in [4.69, 9.17) is 0 Å². The molecule has 5 heteroatoms. The van der Waals surface area contributed by atoms with Gasteiger partial charge in [-0.3, -0.25) is 14.8 Å². The fraction of sp³-hybridized carbons (Fsp3) is 0.273. The lowest BCUT2D eigenvalue weighted by Gasteiger charge is -2.14. The van der Waals surface area contributed by atoms with Crippen LogP contribution in [0.3, 0.4) is 0 Å². The third kappa shape index (κ3) is 3.43.